The number of oxime groups is 1. The Balaban J connectivity index is 2.24. The summed E-state index contributed by atoms with van der Waals surface area (Å²) in [5, 5.41) is 14.3. The van der Waals surface area contributed by atoms with Crippen LogP contribution in [0.25, 0.3) is 0 Å². The molecule has 5 heteroatoms. The van der Waals surface area contributed by atoms with Crippen molar-refractivity contribution in [3.05, 3.63) is 0 Å². The second kappa shape index (κ2) is 6.04. The summed E-state index contributed by atoms with van der Waals surface area (Å²) in [5.41, 5.74) is 0.801. The Labute approximate surface area is 89.1 Å². The Hall–Kier alpha value is -1.54. The number of piperidine rings is 1. The van der Waals surface area contributed by atoms with E-state index in [-0.39, 0.29) is 12.5 Å². The van der Waals surface area contributed by atoms with Crippen LogP contribution in [0.15, 0.2) is 5.16 Å². The number of terminal acetylenes is 1. The normalized spacial score (nSPS) is 16.9. The van der Waals surface area contributed by atoms with E-state index in [0.29, 0.717) is 6.54 Å². The van der Waals surface area contributed by atoms with Crippen molar-refractivity contribution in [3.8, 4) is 12.3 Å². The van der Waals surface area contributed by atoms with Gasteiger partial charge >= 0.3 is 0 Å². The smallest absolute Gasteiger partial charge is 0.234 e. The Kier molecular flexibility index (Phi) is 4.64. The highest BCUT2D eigenvalue weighted by Crippen LogP contribution is 2.06. The Morgan fingerprint density at radius 3 is 2.80 bits per heavy atom. The lowest BCUT2D eigenvalue weighted by molar-refractivity contribution is -0.122. The Morgan fingerprint density at radius 1 is 1.60 bits per heavy atom. The molecule has 0 aromatic carbocycles. The van der Waals surface area contributed by atoms with Gasteiger partial charge in [0.1, 0.15) is 0 Å². The summed E-state index contributed by atoms with van der Waals surface area (Å²) >= 11 is 0. The molecule has 1 aliphatic rings. The third-order valence-electron chi connectivity index (χ3n) is 2.33. The van der Waals surface area contributed by atoms with E-state index in [1.165, 1.54) is 0 Å². The Morgan fingerprint density at radius 2 is 2.27 bits per heavy atom. The van der Waals surface area contributed by atoms with Gasteiger partial charge < -0.3 is 10.5 Å². The van der Waals surface area contributed by atoms with Crippen molar-refractivity contribution >= 4 is 11.6 Å². The zero-order chi connectivity index (χ0) is 11.1. The first-order valence-corrected chi connectivity index (χ1v) is 4.88. The quantitative estimate of drug-likeness (QED) is 0.380. The highest BCUT2D eigenvalue weighted by molar-refractivity contribution is 5.85. The predicted octanol–water partition coefficient (Wildman–Crippen LogP) is -0.338. The number of hydrogen-bond acceptors (Lipinski definition) is 4. The second-order valence-electron chi connectivity index (χ2n) is 3.42. The van der Waals surface area contributed by atoms with Crippen molar-refractivity contribution in [3.63, 3.8) is 0 Å². The standard InChI is InChI=1S/C10H15N3O2/c1-2-5-11-10(14)8-13-6-3-9(12-15)4-7-13/h1,15H,3-8H2,(H,11,14). The van der Waals surface area contributed by atoms with Crippen LogP contribution in [0, 0.1) is 12.3 Å². The molecule has 1 saturated heterocycles. The average Bonchev–Trinajstić information content (AvgIpc) is 2.27. The van der Waals surface area contributed by atoms with E-state index in [0.717, 1.165) is 31.6 Å². The lowest BCUT2D eigenvalue weighted by Crippen LogP contribution is -2.41. The van der Waals surface area contributed by atoms with E-state index in [1.54, 1.807) is 0 Å². The van der Waals surface area contributed by atoms with Crippen molar-refractivity contribution in [1.29, 1.82) is 0 Å². The van der Waals surface area contributed by atoms with Crippen LogP contribution in [-0.4, -0.2) is 47.9 Å². The van der Waals surface area contributed by atoms with E-state index < -0.39 is 0 Å². The van der Waals surface area contributed by atoms with Crippen LogP contribution in [0.2, 0.25) is 0 Å². The SMILES string of the molecule is C#CCNC(=O)CN1CCC(=NO)CC1. The van der Waals surface area contributed by atoms with Crippen LogP contribution < -0.4 is 5.32 Å². The van der Waals surface area contributed by atoms with Crippen molar-refractivity contribution in [2.75, 3.05) is 26.2 Å². The minimum atomic E-state index is -0.0580. The number of carbonyl (C=O) groups is 1. The van der Waals surface area contributed by atoms with Gasteiger partial charge in [-0.1, -0.05) is 11.1 Å². The van der Waals surface area contributed by atoms with E-state index >= 15 is 0 Å². The number of nitrogens with one attached hydrogen (secondary N) is 1. The molecule has 0 bridgehead atoms. The molecule has 0 aliphatic carbocycles. The summed E-state index contributed by atoms with van der Waals surface area (Å²) in [4.78, 5) is 13.3. The van der Waals surface area contributed by atoms with Crippen LogP contribution in [-0.2, 0) is 4.79 Å². The van der Waals surface area contributed by atoms with Gasteiger partial charge in [-0.05, 0) is 0 Å². The third-order valence-corrected chi connectivity index (χ3v) is 2.33. The highest BCUT2D eigenvalue weighted by Gasteiger charge is 2.17. The molecule has 2 N–H and O–H groups in total. The molecule has 0 aromatic heterocycles. The van der Waals surface area contributed by atoms with Gasteiger partial charge in [0.2, 0.25) is 5.91 Å². The number of amides is 1. The maximum Gasteiger partial charge on any atom is 0.234 e. The molecule has 0 radical (unpaired) electrons. The number of carbonyl (C=O) groups excluding carboxylic acids is 1. The lowest BCUT2D eigenvalue weighted by Gasteiger charge is -2.25. The van der Waals surface area contributed by atoms with Crippen molar-refractivity contribution in [2.24, 2.45) is 5.16 Å². The molecule has 1 aliphatic heterocycles. The number of hydrogen-bond donors (Lipinski definition) is 2. The number of nitrogens with zero attached hydrogens (tertiary/aromatic N) is 2. The highest BCUT2D eigenvalue weighted by atomic mass is 16.4. The summed E-state index contributed by atoms with van der Waals surface area (Å²) in [6, 6.07) is 0. The molecule has 1 amide bonds. The van der Waals surface area contributed by atoms with Gasteiger partial charge in [0.05, 0.1) is 18.8 Å². The molecule has 0 saturated carbocycles. The van der Waals surface area contributed by atoms with Gasteiger partial charge in [-0.3, -0.25) is 9.69 Å². The number of likely N-dealkylation sites (tertiary alicyclic amines) is 1. The zero-order valence-electron chi connectivity index (χ0n) is 8.57. The molecular weight excluding hydrogens is 194 g/mol. The molecule has 0 spiro atoms. The first kappa shape index (κ1) is 11.5. The van der Waals surface area contributed by atoms with Crippen LogP contribution in [0.5, 0.6) is 0 Å². The first-order chi connectivity index (χ1) is 7.26. The van der Waals surface area contributed by atoms with E-state index in [4.69, 9.17) is 11.6 Å². The number of rotatable bonds is 3. The minimum Gasteiger partial charge on any atom is -0.411 e. The summed E-state index contributed by atoms with van der Waals surface area (Å²) in [7, 11) is 0. The first-order valence-electron chi connectivity index (χ1n) is 4.88. The van der Waals surface area contributed by atoms with Crippen LogP contribution in [0.3, 0.4) is 0 Å². The summed E-state index contributed by atoms with van der Waals surface area (Å²) in [6.07, 6.45) is 6.47. The van der Waals surface area contributed by atoms with Gasteiger partial charge in [0.25, 0.3) is 0 Å². The topological polar surface area (TPSA) is 64.9 Å². The molecule has 0 atom stereocenters. The minimum absolute atomic E-state index is 0.0580. The van der Waals surface area contributed by atoms with Crippen molar-refractivity contribution in [2.45, 2.75) is 12.8 Å². The monoisotopic (exact) mass is 209 g/mol. The van der Waals surface area contributed by atoms with Crippen LogP contribution >= 0.6 is 0 Å². The maximum absolute atomic E-state index is 11.3. The summed E-state index contributed by atoms with van der Waals surface area (Å²) in [6.45, 7) is 2.14. The molecule has 1 heterocycles. The zero-order valence-corrected chi connectivity index (χ0v) is 8.57. The van der Waals surface area contributed by atoms with E-state index in [1.807, 2.05) is 4.90 Å². The van der Waals surface area contributed by atoms with Crippen LogP contribution in [0.1, 0.15) is 12.8 Å². The molecule has 15 heavy (non-hydrogen) atoms. The van der Waals surface area contributed by atoms with Gasteiger partial charge in [-0.2, -0.15) is 0 Å². The summed E-state index contributed by atoms with van der Waals surface area (Å²) < 4.78 is 0. The molecule has 0 unspecified atom stereocenters. The fourth-order valence-corrected chi connectivity index (χ4v) is 1.48. The van der Waals surface area contributed by atoms with E-state index in [2.05, 4.69) is 16.4 Å². The van der Waals surface area contributed by atoms with Gasteiger partial charge in [0.15, 0.2) is 0 Å². The molecular formula is C10H15N3O2. The molecule has 1 fully saturated rings. The summed E-state index contributed by atoms with van der Waals surface area (Å²) in [5.74, 6) is 2.29. The predicted molar refractivity (Wildman–Crippen MR) is 56.7 cm³/mol. The average molecular weight is 209 g/mol. The van der Waals surface area contributed by atoms with Gasteiger partial charge in [0, 0.05) is 25.9 Å². The maximum atomic E-state index is 11.3. The fourth-order valence-electron chi connectivity index (χ4n) is 1.48. The molecule has 1 rings (SSSR count). The Bertz CT molecular complexity index is 284. The molecule has 0 aromatic rings. The molecule has 82 valence electrons. The van der Waals surface area contributed by atoms with Crippen molar-refractivity contribution < 1.29 is 10.0 Å². The fraction of sp³-hybridized carbons (Fsp3) is 0.600. The van der Waals surface area contributed by atoms with Crippen molar-refractivity contribution in [1.82, 2.24) is 10.2 Å². The molecule has 5 nitrogen and oxygen atoms in total. The van der Waals surface area contributed by atoms with Crippen LogP contribution in [0.4, 0.5) is 0 Å². The van der Waals surface area contributed by atoms with Gasteiger partial charge in [-0.15, -0.1) is 6.42 Å². The largest absolute Gasteiger partial charge is 0.411 e. The third kappa shape index (κ3) is 4.00. The van der Waals surface area contributed by atoms with Gasteiger partial charge in [-0.25, -0.2) is 0 Å². The second-order valence-corrected chi connectivity index (χ2v) is 3.42. The lowest BCUT2D eigenvalue weighted by atomic mass is 10.1. The van der Waals surface area contributed by atoms with E-state index in [9.17, 15) is 4.79 Å².